The van der Waals surface area contributed by atoms with Gasteiger partial charge in [-0.25, -0.2) is 13.6 Å². The maximum atomic E-state index is 12.8. The lowest BCUT2D eigenvalue weighted by Gasteiger charge is -2.34. The lowest BCUT2D eigenvalue weighted by atomic mass is 9.83. The Hall–Kier alpha value is -0.870. The van der Waals surface area contributed by atoms with Crippen LogP contribution in [0, 0.1) is 0 Å². The predicted molar refractivity (Wildman–Crippen MR) is 40.6 cm³/mol. The van der Waals surface area contributed by atoms with Crippen molar-refractivity contribution in [2.24, 2.45) is 0 Å². The van der Waals surface area contributed by atoms with Gasteiger partial charge in [-0.05, 0) is 12.8 Å². The molecule has 1 N–H and O–H groups in total. The SMILES string of the molecule is O=C1NCC2(CCC(F)(F)CC2)O1. The summed E-state index contributed by atoms with van der Waals surface area (Å²) in [6, 6.07) is 0. The molecule has 1 aliphatic heterocycles. The van der Waals surface area contributed by atoms with Crippen LogP contribution in [-0.4, -0.2) is 24.2 Å². The van der Waals surface area contributed by atoms with E-state index in [9.17, 15) is 13.6 Å². The predicted octanol–water partition coefficient (Wildman–Crippen LogP) is 1.67. The van der Waals surface area contributed by atoms with Crippen LogP contribution in [-0.2, 0) is 4.74 Å². The third kappa shape index (κ3) is 1.59. The minimum atomic E-state index is -2.57. The van der Waals surface area contributed by atoms with E-state index in [2.05, 4.69) is 5.32 Å². The maximum Gasteiger partial charge on any atom is 0.407 e. The summed E-state index contributed by atoms with van der Waals surface area (Å²) < 4.78 is 30.6. The van der Waals surface area contributed by atoms with E-state index < -0.39 is 17.6 Å². The second kappa shape index (κ2) is 2.56. The topological polar surface area (TPSA) is 38.3 Å². The largest absolute Gasteiger partial charge is 0.441 e. The van der Waals surface area contributed by atoms with Gasteiger partial charge in [-0.2, -0.15) is 0 Å². The van der Waals surface area contributed by atoms with Crippen LogP contribution >= 0.6 is 0 Å². The molecular weight excluding hydrogens is 180 g/mol. The van der Waals surface area contributed by atoms with Crippen LogP contribution in [0.4, 0.5) is 13.6 Å². The first-order valence-electron chi connectivity index (χ1n) is 4.36. The van der Waals surface area contributed by atoms with Crippen LogP contribution < -0.4 is 5.32 Å². The molecule has 1 spiro atoms. The molecule has 0 aromatic heterocycles. The van der Waals surface area contributed by atoms with E-state index in [1.807, 2.05) is 0 Å². The van der Waals surface area contributed by atoms with Crippen molar-refractivity contribution in [3.8, 4) is 0 Å². The zero-order chi connectivity index (χ0) is 9.53. The Bertz CT molecular complexity index is 232. The van der Waals surface area contributed by atoms with Gasteiger partial charge in [0.1, 0.15) is 5.60 Å². The summed E-state index contributed by atoms with van der Waals surface area (Å²) in [6.45, 7) is 0.377. The normalized spacial score (nSPS) is 29.8. The summed E-state index contributed by atoms with van der Waals surface area (Å²) in [5.74, 6) is -2.57. The molecule has 1 heterocycles. The fraction of sp³-hybridized carbons (Fsp3) is 0.875. The van der Waals surface area contributed by atoms with Crippen molar-refractivity contribution < 1.29 is 18.3 Å². The Kier molecular flexibility index (Phi) is 1.72. The molecule has 1 saturated heterocycles. The third-order valence-corrected chi connectivity index (χ3v) is 2.76. The smallest absolute Gasteiger partial charge is 0.407 e. The highest BCUT2D eigenvalue weighted by molar-refractivity contribution is 5.70. The van der Waals surface area contributed by atoms with E-state index in [0.717, 1.165) is 0 Å². The van der Waals surface area contributed by atoms with Crippen molar-refractivity contribution in [3.05, 3.63) is 0 Å². The van der Waals surface area contributed by atoms with Crippen molar-refractivity contribution in [2.45, 2.75) is 37.2 Å². The summed E-state index contributed by atoms with van der Waals surface area (Å²) in [6.07, 6.45) is -0.313. The van der Waals surface area contributed by atoms with Crippen LogP contribution in [0.2, 0.25) is 0 Å². The minimum absolute atomic E-state index is 0.179. The van der Waals surface area contributed by atoms with Gasteiger partial charge in [0.2, 0.25) is 5.92 Å². The number of hydrogen-bond donors (Lipinski definition) is 1. The van der Waals surface area contributed by atoms with E-state index in [-0.39, 0.29) is 25.7 Å². The zero-order valence-electron chi connectivity index (χ0n) is 7.11. The number of rotatable bonds is 0. The molecule has 0 atom stereocenters. The van der Waals surface area contributed by atoms with Crippen molar-refractivity contribution in [2.75, 3.05) is 6.54 Å². The molecule has 13 heavy (non-hydrogen) atoms. The average molecular weight is 191 g/mol. The van der Waals surface area contributed by atoms with Gasteiger partial charge in [-0.15, -0.1) is 0 Å². The van der Waals surface area contributed by atoms with Crippen molar-refractivity contribution >= 4 is 6.09 Å². The van der Waals surface area contributed by atoms with E-state index in [1.54, 1.807) is 0 Å². The number of alkyl carbamates (subject to hydrolysis) is 1. The highest BCUT2D eigenvalue weighted by atomic mass is 19.3. The molecule has 2 rings (SSSR count). The molecule has 0 unspecified atom stereocenters. The summed E-state index contributed by atoms with van der Waals surface area (Å²) in [7, 11) is 0. The molecule has 5 heteroatoms. The lowest BCUT2D eigenvalue weighted by Crippen LogP contribution is -2.41. The third-order valence-electron chi connectivity index (χ3n) is 2.76. The number of carbonyl (C=O) groups is 1. The van der Waals surface area contributed by atoms with Crippen LogP contribution in [0.1, 0.15) is 25.7 Å². The summed E-state index contributed by atoms with van der Waals surface area (Å²) in [5.41, 5.74) is -0.640. The number of hydrogen-bond acceptors (Lipinski definition) is 2. The van der Waals surface area contributed by atoms with Crippen LogP contribution in [0.3, 0.4) is 0 Å². The summed E-state index contributed by atoms with van der Waals surface area (Å²) in [4.78, 5) is 10.8. The first-order valence-corrected chi connectivity index (χ1v) is 4.36. The van der Waals surface area contributed by atoms with Crippen molar-refractivity contribution in [1.82, 2.24) is 5.32 Å². The number of halogens is 2. The molecule has 1 amide bonds. The molecule has 0 aromatic rings. The van der Waals surface area contributed by atoms with E-state index in [0.29, 0.717) is 6.54 Å². The second-order valence-corrected chi connectivity index (χ2v) is 3.78. The quantitative estimate of drug-likeness (QED) is 0.632. The number of ether oxygens (including phenoxy) is 1. The molecule has 3 nitrogen and oxygen atoms in total. The lowest BCUT2D eigenvalue weighted by molar-refractivity contribution is -0.0906. The molecule has 74 valence electrons. The van der Waals surface area contributed by atoms with Gasteiger partial charge >= 0.3 is 6.09 Å². The number of nitrogens with one attached hydrogen (secondary N) is 1. The average Bonchev–Trinajstić information content (AvgIpc) is 2.41. The molecular formula is C8H11F2NO2. The molecule has 0 bridgehead atoms. The fourth-order valence-electron chi connectivity index (χ4n) is 1.85. The fourth-order valence-corrected chi connectivity index (χ4v) is 1.85. The van der Waals surface area contributed by atoms with Crippen LogP contribution in [0.5, 0.6) is 0 Å². The molecule has 0 radical (unpaired) electrons. The van der Waals surface area contributed by atoms with E-state index in [4.69, 9.17) is 4.74 Å². The number of carbonyl (C=O) groups excluding carboxylic acids is 1. The first kappa shape index (κ1) is 8.72. The molecule has 2 aliphatic rings. The van der Waals surface area contributed by atoms with Gasteiger partial charge in [0.15, 0.2) is 0 Å². The van der Waals surface area contributed by atoms with Gasteiger partial charge in [-0.3, -0.25) is 0 Å². The maximum absolute atomic E-state index is 12.8. The highest BCUT2D eigenvalue weighted by Gasteiger charge is 2.48. The van der Waals surface area contributed by atoms with Gasteiger partial charge < -0.3 is 10.1 Å². The molecule has 1 aliphatic carbocycles. The minimum Gasteiger partial charge on any atom is -0.441 e. The molecule has 1 saturated carbocycles. The Morgan fingerprint density at radius 2 is 1.85 bits per heavy atom. The van der Waals surface area contributed by atoms with E-state index in [1.165, 1.54) is 0 Å². The van der Waals surface area contributed by atoms with Gasteiger partial charge in [0, 0.05) is 12.8 Å². The number of alkyl halides is 2. The summed E-state index contributed by atoms with van der Waals surface area (Å²) >= 11 is 0. The Morgan fingerprint density at radius 3 is 2.31 bits per heavy atom. The van der Waals surface area contributed by atoms with Gasteiger partial charge in [0.25, 0.3) is 0 Å². The Balaban J connectivity index is 2.01. The first-order chi connectivity index (χ1) is 6.02. The Morgan fingerprint density at radius 1 is 1.23 bits per heavy atom. The van der Waals surface area contributed by atoms with Crippen LogP contribution in [0.25, 0.3) is 0 Å². The number of amides is 1. The van der Waals surface area contributed by atoms with E-state index >= 15 is 0 Å². The monoisotopic (exact) mass is 191 g/mol. The summed E-state index contributed by atoms with van der Waals surface area (Å²) in [5, 5.41) is 2.50. The second-order valence-electron chi connectivity index (χ2n) is 3.78. The van der Waals surface area contributed by atoms with Crippen LogP contribution in [0.15, 0.2) is 0 Å². The standard InChI is InChI=1S/C8H11F2NO2/c9-8(10)3-1-7(2-4-8)5-11-6(12)13-7/h1-5H2,(H,11,12). The molecule has 0 aromatic carbocycles. The molecule has 2 fully saturated rings. The highest BCUT2D eigenvalue weighted by Crippen LogP contribution is 2.41. The van der Waals surface area contributed by atoms with Gasteiger partial charge in [0.05, 0.1) is 6.54 Å². The zero-order valence-corrected chi connectivity index (χ0v) is 7.11. The van der Waals surface area contributed by atoms with Crippen molar-refractivity contribution in [3.63, 3.8) is 0 Å². The Labute approximate surface area is 74.4 Å². The van der Waals surface area contributed by atoms with Crippen molar-refractivity contribution in [1.29, 1.82) is 0 Å². The van der Waals surface area contributed by atoms with Gasteiger partial charge in [-0.1, -0.05) is 0 Å².